The molecule has 0 aliphatic rings. The molecule has 0 aliphatic heterocycles. The number of aromatic nitrogens is 2. The number of nitrogen functional groups attached to an aromatic ring is 1. The molecule has 0 aromatic carbocycles. The van der Waals surface area contributed by atoms with Crippen LogP contribution in [-0.4, -0.2) is 31.0 Å². The van der Waals surface area contributed by atoms with Crippen LogP contribution in [0.25, 0.3) is 0 Å². The lowest BCUT2D eigenvalue weighted by Crippen LogP contribution is -2.11. The molecule has 1 rings (SSSR count). The fraction of sp³-hybridized carbons (Fsp3) is 0.727. The minimum atomic E-state index is -3.40. The molecule has 18 heavy (non-hydrogen) atoms. The molecule has 6 nitrogen and oxygen atoms in total. The monoisotopic (exact) mass is 274 g/mol. The van der Waals surface area contributed by atoms with E-state index in [4.69, 9.17) is 5.73 Å². The largest absolute Gasteiger partial charge is 0.383 e. The van der Waals surface area contributed by atoms with Crippen molar-refractivity contribution in [1.29, 1.82) is 0 Å². The van der Waals surface area contributed by atoms with Gasteiger partial charge in [-0.05, 0) is 19.8 Å². The number of nitrogens with zero attached hydrogens (tertiary/aromatic N) is 2. The van der Waals surface area contributed by atoms with E-state index in [0.29, 0.717) is 18.3 Å². The van der Waals surface area contributed by atoms with E-state index in [-0.39, 0.29) is 16.8 Å². The maximum Gasteiger partial charge on any atom is 0.182 e. The van der Waals surface area contributed by atoms with Gasteiger partial charge in [0.15, 0.2) is 20.6 Å². The molecule has 1 aromatic heterocycles. The number of hydrogen-bond acceptors (Lipinski definition) is 5. The van der Waals surface area contributed by atoms with Crippen LogP contribution < -0.4 is 11.1 Å². The summed E-state index contributed by atoms with van der Waals surface area (Å²) in [5.41, 5.74) is 5.88. The third-order valence-corrected chi connectivity index (χ3v) is 3.58. The third kappa shape index (κ3) is 3.16. The molecule has 1 heterocycles. The van der Waals surface area contributed by atoms with Crippen molar-refractivity contribution in [2.45, 2.75) is 38.6 Å². The summed E-state index contributed by atoms with van der Waals surface area (Å²) in [5.74, 6) is 0.930. The second-order valence-corrected chi connectivity index (χ2v) is 7.10. The molecule has 0 unspecified atom stereocenters. The van der Waals surface area contributed by atoms with Gasteiger partial charge in [0.2, 0.25) is 0 Å². The van der Waals surface area contributed by atoms with Crippen molar-refractivity contribution in [3.05, 3.63) is 0 Å². The molecule has 0 bridgehead atoms. The van der Waals surface area contributed by atoms with E-state index in [0.717, 1.165) is 6.26 Å². The first-order valence-electron chi connectivity index (χ1n) is 5.96. The normalized spacial score (nSPS) is 12.4. The van der Waals surface area contributed by atoms with Gasteiger partial charge in [-0.3, -0.25) is 0 Å². The third-order valence-electron chi connectivity index (χ3n) is 2.44. The van der Waals surface area contributed by atoms with Crippen molar-refractivity contribution >= 4 is 21.5 Å². The minimum absolute atomic E-state index is 0.0140. The second-order valence-electron chi connectivity index (χ2n) is 5.15. The molecule has 1 aromatic rings. The van der Waals surface area contributed by atoms with Crippen molar-refractivity contribution in [2.24, 2.45) is 5.92 Å². The van der Waals surface area contributed by atoms with E-state index in [9.17, 15) is 8.42 Å². The fourth-order valence-electron chi connectivity index (χ4n) is 1.61. The van der Waals surface area contributed by atoms with Crippen LogP contribution in [0.2, 0.25) is 0 Å². The molecule has 0 saturated carbocycles. The maximum absolute atomic E-state index is 11.8. The standard InChI is InChI=1S/C11H22N4O2S/c1-7(2)6-13-11-9(18(5,16)17)10(12)15(14-11)8(3)4/h7-8H,6,12H2,1-5H3,(H,13,14). The number of sulfone groups is 1. The summed E-state index contributed by atoms with van der Waals surface area (Å²) in [6.07, 6.45) is 1.14. The zero-order chi connectivity index (χ0) is 14.1. The van der Waals surface area contributed by atoms with Gasteiger partial charge in [0.05, 0.1) is 0 Å². The van der Waals surface area contributed by atoms with Crippen LogP contribution in [0.3, 0.4) is 0 Å². The first-order valence-corrected chi connectivity index (χ1v) is 7.85. The van der Waals surface area contributed by atoms with Crippen LogP contribution in [0.15, 0.2) is 4.90 Å². The van der Waals surface area contributed by atoms with E-state index in [1.807, 2.05) is 27.7 Å². The highest BCUT2D eigenvalue weighted by Crippen LogP contribution is 2.29. The summed E-state index contributed by atoms with van der Waals surface area (Å²) in [4.78, 5) is 0.0943. The minimum Gasteiger partial charge on any atom is -0.383 e. The molecular formula is C11H22N4O2S. The van der Waals surface area contributed by atoms with Gasteiger partial charge in [-0.25, -0.2) is 13.1 Å². The highest BCUT2D eigenvalue weighted by atomic mass is 32.2. The van der Waals surface area contributed by atoms with Gasteiger partial charge in [0.1, 0.15) is 5.82 Å². The molecule has 0 saturated heterocycles. The Bertz CT molecular complexity index is 517. The van der Waals surface area contributed by atoms with Gasteiger partial charge < -0.3 is 11.1 Å². The van der Waals surface area contributed by atoms with Crippen LogP contribution in [0.1, 0.15) is 33.7 Å². The second kappa shape index (κ2) is 5.17. The zero-order valence-electron chi connectivity index (χ0n) is 11.6. The Balaban J connectivity index is 3.27. The number of nitrogens with one attached hydrogen (secondary N) is 1. The quantitative estimate of drug-likeness (QED) is 0.849. The Morgan fingerprint density at radius 2 is 1.89 bits per heavy atom. The zero-order valence-corrected chi connectivity index (χ0v) is 12.4. The predicted molar refractivity (Wildman–Crippen MR) is 73.5 cm³/mol. The highest BCUT2D eigenvalue weighted by molar-refractivity contribution is 7.91. The summed E-state index contributed by atoms with van der Waals surface area (Å²) in [7, 11) is -3.40. The molecule has 0 atom stereocenters. The average molecular weight is 274 g/mol. The maximum atomic E-state index is 11.8. The Labute approximate surface area is 108 Å². The van der Waals surface area contributed by atoms with Gasteiger partial charge in [-0.2, -0.15) is 5.10 Å². The summed E-state index contributed by atoms with van der Waals surface area (Å²) in [5, 5.41) is 7.29. The van der Waals surface area contributed by atoms with Crippen LogP contribution in [0.4, 0.5) is 11.6 Å². The molecule has 0 fully saturated rings. The van der Waals surface area contributed by atoms with Crippen LogP contribution in [-0.2, 0) is 9.84 Å². The van der Waals surface area contributed by atoms with E-state index in [2.05, 4.69) is 10.4 Å². The van der Waals surface area contributed by atoms with Gasteiger partial charge in [-0.15, -0.1) is 0 Å². The Kier molecular flexibility index (Phi) is 4.26. The van der Waals surface area contributed by atoms with Crippen molar-refractivity contribution in [3.63, 3.8) is 0 Å². The van der Waals surface area contributed by atoms with Crippen LogP contribution in [0.5, 0.6) is 0 Å². The molecule has 7 heteroatoms. The lowest BCUT2D eigenvalue weighted by molar-refractivity contribution is 0.540. The topological polar surface area (TPSA) is 90.0 Å². The summed E-state index contributed by atoms with van der Waals surface area (Å²) in [6, 6.07) is 0.0140. The van der Waals surface area contributed by atoms with E-state index < -0.39 is 9.84 Å². The number of rotatable bonds is 5. The number of anilines is 2. The van der Waals surface area contributed by atoms with Crippen LogP contribution in [0, 0.1) is 5.92 Å². The SMILES string of the molecule is CC(C)CNc1nn(C(C)C)c(N)c1S(C)(=O)=O. The summed E-state index contributed by atoms with van der Waals surface area (Å²) in [6.45, 7) is 8.53. The Morgan fingerprint density at radius 1 is 1.33 bits per heavy atom. The van der Waals surface area contributed by atoms with E-state index in [1.54, 1.807) is 0 Å². The molecule has 0 spiro atoms. The van der Waals surface area contributed by atoms with Crippen molar-refractivity contribution in [3.8, 4) is 0 Å². The van der Waals surface area contributed by atoms with Gasteiger partial charge in [0, 0.05) is 18.8 Å². The first-order chi connectivity index (χ1) is 8.14. The molecule has 104 valence electrons. The Morgan fingerprint density at radius 3 is 2.28 bits per heavy atom. The number of hydrogen-bond donors (Lipinski definition) is 2. The van der Waals surface area contributed by atoms with Crippen LogP contribution >= 0.6 is 0 Å². The first kappa shape index (κ1) is 14.8. The molecular weight excluding hydrogens is 252 g/mol. The summed E-state index contributed by atoms with van der Waals surface area (Å²) < 4.78 is 25.1. The van der Waals surface area contributed by atoms with E-state index in [1.165, 1.54) is 4.68 Å². The van der Waals surface area contributed by atoms with Crippen molar-refractivity contribution in [1.82, 2.24) is 9.78 Å². The van der Waals surface area contributed by atoms with Gasteiger partial charge in [-0.1, -0.05) is 13.8 Å². The fourth-order valence-corrected chi connectivity index (χ4v) is 2.55. The van der Waals surface area contributed by atoms with Crippen molar-refractivity contribution in [2.75, 3.05) is 23.9 Å². The molecule has 0 amide bonds. The highest BCUT2D eigenvalue weighted by Gasteiger charge is 2.24. The van der Waals surface area contributed by atoms with Gasteiger partial charge in [0.25, 0.3) is 0 Å². The summed E-state index contributed by atoms with van der Waals surface area (Å²) >= 11 is 0. The smallest absolute Gasteiger partial charge is 0.182 e. The predicted octanol–water partition coefficient (Wildman–Crippen LogP) is 1.52. The van der Waals surface area contributed by atoms with Gasteiger partial charge >= 0.3 is 0 Å². The lowest BCUT2D eigenvalue weighted by atomic mass is 10.2. The average Bonchev–Trinajstić information content (AvgIpc) is 2.51. The van der Waals surface area contributed by atoms with E-state index >= 15 is 0 Å². The molecule has 3 N–H and O–H groups in total. The lowest BCUT2D eigenvalue weighted by Gasteiger charge is -2.07. The Hall–Kier alpha value is -1.24. The molecule has 0 aliphatic carbocycles. The number of nitrogens with two attached hydrogens (primary N) is 1. The van der Waals surface area contributed by atoms with Crippen molar-refractivity contribution < 1.29 is 8.42 Å². The molecule has 0 radical (unpaired) electrons.